The van der Waals surface area contributed by atoms with Gasteiger partial charge in [0, 0.05) is 12.8 Å². The first-order chi connectivity index (χ1) is 13.4. The minimum atomic E-state index is -1.08. The highest BCUT2D eigenvalue weighted by Gasteiger charge is 2.21. The lowest BCUT2D eigenvalue weighted by atomic mass is 10.2. The average Bonchev–Trinajstić information content (AvgIpc) is 2.96. The Kier molecular flexibility index (Phi) is 8.85. The van der Waals surface area contributed by atoms with Gasteiger partial charge in [-0.25, -0.2) is 9.59 Å². The fourth-order valence-electron chi connectivity index (χ4n) is 2.51. The average molecular weight is 470 g/mol. The second-order valence-electron chi connectivity index (χ2n) is 6.12. The van der Waals surface area contributed by atoms with Crippen molar-refractivity contribution < 1.29 is 19.4 Å². The Bertz CT molecular complexity index is 798. The van der Waals surface area contributed by atoms with Crippen LogP contribution in [0.3, 0.4) is 0 Å². The van der Waals surface area contributed by atoms with Gasteiger partial charge < -0.3 is 15.2 Å². The van der Waals surface area contributed by atoms with Crippen LogP contribution in [0.25, 0.3) is 0 Å². The highest BCUT2D eigenvalue weighted by Crippen LogP contribution is 2.25. The first-order valence-corrected chi connectivity index (χ1v) is 10.8. The van der Waals surface area contributed by atoms with Crippen LogP contribution in [0.1, 0.15) is 30.3 Å². The van der Waals surface area contributed by atoms with E-state index in [-0.39, 0.29) is 6.61 Å². The van der Waals surface area contributed by atoms with Crippen molar-refractivity contribution in [2.75, 3.05) is 5.75 Å². The lowest BCUT2D eigenvalue weighted by molar-refractivity contribution is -0.139. The SMILES string of the molecule is CCc1nn(C)c(CSCCC(NC(=O)OCc2ccccc2)C(=O)O)c1Br. The molecular formula is C19H24BrN3O4S. The fourth-order valence-corrected chi connectivity index (χ4v) is 4.52. The van der Waals surface area contributed by atoms with E-state index in [9.17, 15) is 14.7 Å². The predicted molar refractivity (Wildman–Crippen MR) is 112 cm³/mol. The number of thioether (sulfide) groups is 1. The number of ether oxygens (including phenoxy) is 1. The van der Waals surface area contributed by atoms with Crippen molar-refractivity contribution in [1.29, 1.82) is 0 Å². The van der Waals surface area contributed by atoms with Gasteiger partial charge >= 0.3 is 12.1 Å². The lowest BCUT2D eigenvalue weighted by Crippen LogP contribution is -2.41. The number of hydrogen-bond donors (Lipinski definition) is 2. The summed E-state index contributed by atoms with van der Waals surface area (Å²) in [4.78, 5) is 23.3. The largest absolute Gasteiger partial charge is 0.480 e. The molecule has 28 heavy (non-hydrogen) atoms. The van der Waals surface area contributed by atoms with Gasteiger partial charge in [0.1, 0.15) is 12.6 Å². The molecule has 0 aliphatic carbocycles. The lowest BCUT2D eigenvalue weighted by Gasteiger charge is -2.14. The first-order valence-electron chi connectivity index (χ1n) is 8.90. The maximum absolute atomic E-state index is 11.9. The van der Waals surface area contributed by atoms with E-state index in [2.05, 4.69) is 26.3 Å². The molecule has 1 unspecified atom stereocenters. The molecule has 0 saturated heterocycles. The summed E-state index contributed by atoms with van der Waals surface area (Å²) in [5, 5.41) is 16.2. The number of carbonyl (C=O) groups is 2. The number of nitrogens with zero attached hydrogens (tertiary/aromatic N) is 2. The molecule has 0 aliphatic heterocycles. The zero-order valence-electron chi connectivity index (χ0n) is 15.9. The number of halogens is 1. The molecule has 0 spiro atoms. The highest BCUT2D eigenvalue weighted by molar-refractivity contribution is 9.10. The molecule has 152 valence electrons. The van der Waals surface area contributed by atoms with Crippen LogP contribution < -0.4 is 5.32 Å². The van der Waals surface area contributed by atoms with Crippen LogP contribution in [-0.4, -0.2) is 38.7 Å². The van der Waals surface area contributed by atoms with Crippen molar-refractivity contribution in [1.82, 2.24) is 15.1 Å². The van der Waals surface area contributed by atoms with E-state index in [1.165, 1.54) is 0 Å². The number of aryl methyl sites for hydroxylation is 2. The molecule has 0 radical (unpaired) electrons. The molecular weight excluding hydrogens is 446 g/mol. The normalized spacial score (nSPS) is 11.8. The molecule has 1 heterocycles. The summed E-state index contributed by atoms with van der Waals surface area (Å²) >= 11 is 5.17. The zero-order valence-corrected chi connectivity index (χ0v) is 18.3. The maximum atomic E-state index is 11.9. The van der Waals surface area contributed by atoms with Crippen LogP contribution in [-0.2, 0) is 35.4 Å². The van der Waals surface area contributed by atoms with Gasteiger partial charge in [-0.3, -0.25) is 4.68 Å². The van der Waals surface area contributed by atoms with Crippen molar-refractivity contribution in [3.05, 3.63) is 51.8 Å². The number of benzene rings is 1. The Morgan fingerprint density at radius 1 is 1.36 bits per heavy atom. The summed E-state index contributed by atoms with van der Waals surface area (Å²) in [6.07, 6.45) is 0.411. The van der Waals surface area contributed by atoms with E-state index in [1.54, 1.807) is 11.8 Å². The van der Waals surface area contributed by atoms with E-state index in [1.807, 2.05) is 49.0 Å². The number of nitrogens with one attached hydrogen (secondary N) is 1. The smallest absolute Gasteiger partial charge is 0.408 e. The van der Waals surface area contributed by atoms with E-state index in [4.69, 9.17) is 4.74 Å². The van der Waals surface area contributed by atoms with Crippen molar-refractivity contribution in [2.24, 2.45) is 7.05 Å². The summed E-state index contributed by atoms with van der Waals surface area (Å²) in [6, 6.07) is 8.24. The van der Waals surface area contributed by atoms with Crippen LogP contribution in [0.4, 0.5) is 4.79 Å². The van der Waals surface area contributed by atoms with Crippen LogP contribution in [0, 0.1) is 0 Å². The van der Waals surface area contributed by atoms with Crippen molar-refractivity contribution in [3.8, 4) is 0 Å². The summed E-state index contributed by atoms with van der Waals surface area (Å²) in [7, 11) is 1.89. The number of carbonyl (C=O) groups excluding carboxylic acids is 1. The Morgan fingerprint density at radius 3 is 2.68 bits per heavy atom. The molecule has 2 aromatic rings. The van der Waals surface area contributed by atoms with Crippen LogP contribution >= 0.6 is 27.7 Å². The van der Waals surface area contributed by atoms with Gasteiger partial charge in [-0.2, -0.15) is 16.9 Å². The Labute approximate surface area is 177 Å². The van der Waals surface area contributed by atoms with Gasteiger partial charge in [-0.05, 0) is 40.1 Å². The molecule has 0 aliphatic rings. The van der Waals surface area contributed by atoms with Gasteiger partial charge in [0.05, 0.1) is 15.9 Å². The van der Waals surface area contributed by atoms with Gasteiger partial charge in [-0.15, -0.1) is 0 Å². The van der Waals surface area contributed by atoms with Crippen molar-refractivity contribution in [3.63, 3.8) is 0 Å². The Hall–Kier alpha value is -2.00. The molecule has 2 N–H and O–H groups in total. The molecule has 2 rings (SSSR count). The minimum absolute atomic E-state index is 0.0992. The number of aromatic nitrogens is 2. The Balaban J connectivity index is 1.77. The number of rotatable bonds is 10. The van der Waals surface area contributed by atoms with Crippen LogP contribution in [0.2, 0.25) is 0 Å². The number of carboxylic acids is 1. The monoisotopic (exact) mass is 469 g/mol. The van der Waals surface area contributed by atoms with Crippen LogP contribution in [0.15, 0.2) is 34.8 Å². The Morgan fingerprint density at radius 2 is 2.07 bits per heavy atom. The summed E-state index contributed by atoms with van der Waals surface area (Å²) < 4.78 is 7.93. The summed E-state index contributed by atoms with van der Waals surface area (Å²) in [5.74, 6) is 0.205. The molecule has 1 atom stereocenters. The van der Waals surface area contributed by atoms with Gasteiger partial charge in [0.15, 0.2) is 0 Å². The second-order valence-corrected chi connectivity index (χ2v) is 8.02. The van der Waals surface area contributed by atoms with E-state index in [0.717, 1.165) is 27.8 Å². The standard InChI is InChI=1S/C19H24BrN3O4S/c1-3-14-17(20)16(23(2)22-14)12-28-10-9-15(18(24)25)21-19(26)27-11-13-7-5-4-6-8-13/h4-8,15H,3,9-12H2,1-2H3,(H,21,26)(H,24,25). The van der Waals surface area contributed by atoms with Crippen molar-refractivity contribution in [2.45, 2.75) is 38.2 Å². The topological polar surface area (TPSA) is 93.5 Å². The van der Waals surface area contributed by atoms with Gasteiger partial charge in [0.25, 0.3) is 0 Å². The number of aliphatic carboxylic acids is 1. The third-order valence-electron chi connectivity index (χ3n) is 4.10. The molecule has 7 nitrogen and oxygen atoms in total. The van der Waals surface area contributed by atoms with Crippen LogP contribution in [0.5, 0.6) is 0 Å². The summed E-state index contributed by atoms with van der Waals surface area (Å²) in [6.45, 7) is 2.14. The molecule has 1 aromatic heterocycles. The molecule has 0 bridgehead atoms. The minimum Gasteiger partial charge on any atom is -0.480 e. The summed E-state index contributed by atoms with van der Waals surface area (Å²) in [5.41, 5.74) is 2.90. The molecule has 1 amide bonds. The number of alkyl carbamates (subject to hydrolysis) is 1. The number of amides is 1. The van der Waals surface area contributed by atoms with E-state index < -0.39 is 18.1 Å². The molecule has 1 aromatic carbocycles. The third-order valence-corrected chi connectivity index (χ3v) is 6.01. The molecule has 0 saturated carbocycles. The zero-order chi connectivity index (χ0) is 20.5. The first kappa shape index (κ1) is 22.3. The van der Waals surface area contributed by atoms with Gasteiger partial charge in [0.2, 0.25) is 0 Å². The maximum Gasteiger partial charge on any atom is 0.408 e. The molecule has 0 fully saturated rings. The number of carboxylic acid groups (broad SMARTS) is 1. The van der Waals surface area contributed by atoms with Gasteiger partial charge in [-0.1, -0.05) is 37.3 Å². The van der Waals surface area contributed by atoms with E-state index >= 15 is 0 Å². The molecule has 9 heteroatoms. The highest BCUT2D eigenvalue weighted by atomic mass is 79.9. The van der Waals surface area contributed by atoms with Crippen molar-refractivity contribution >= 4 is 39.8 Å². The second kappa shape index (κ2) is 11.1. The quantitative estimate of drug-likeness (QED) is 0.514. The fraction of sp³-hybridized carbons (Fsp3) is 0.421. The number of hydrogen-bond acceptors (Lipinski definition) is 5. The third kappa shape index (κ3) is 6.56. The van der Waals surface area contributed by atoms with E-state index in [0.29, 0.717) is 17.9 Å². The predicted octanol–water partition coefficient (Wildman–Crippen LogP) is 3.75.